The lowest BCUT2D eigenvalue weighted by atomic mass is 10.1. The average Bonchev–Trinajstić information content (AvgIpc) is 2.18. The van der Waals surface area contributed by atoms with Crippen molar-refractivity contribution in [2.75, 3.05) is 0 Å². The van der Waals surface area contributed by atoms with Crippen molar-refractivity contribution >= 4 is 5.91 Å². The molecule has 13 heavy (non-hydrogen) atoms. The molecule has 1 amide bonds. The molecule has 66 valence electrons. The van der Waals surface area contributed by atoms with Crippen LogP contribution in [0.4, 0.5) is 4.39 Å². The minimum Gasteiger partial charge on any atom is -0.270 e. The van der Waals surface area contributed by atoms with Gasteiger partial charge in [0.25, 0.3) is 5.91 Å². The Bertz CT molecular complexity index is 331. The molecule has 0 fully saturated rings. The molecule has 4 heteroatoms. The van der Waals surface area contributed by atoms with Crippen LogP contribution in [0.15, 0.2) is 30.3 Å². The van der Waals surface area contributed by atoms with Crippen LogP contribution >= 0.6 is 0 Å². The smallest absolute Gasteiger partial charge is 0.270 e. The fourth-order valence-corrected chi connectivity index (χ4v) is 0.892. The van der Waals surface area contributed by atoms with Gasteiger partial charge in [0.15, 0.2) is 6.19 Å². The number of halogens is 1. The highest BCUT2D eigenvalue weighted by atomic mass is 19.1. The van der Waals surface area contributed by atoms with E-state index in [-0.39, 0.29) is 5.56 Å². The second kappa shape index (κ2) is 4.21. The molecule has 0 radical (unpaired) electrons. The number of alkyl halides is 1. The van der Waals surface area contributed by atoms with E-state index in [1.807, 2.05) is 0 Å². The van der Waals surface area contributed by atoms with E-state index in [1.54, 1.807) is 23.5 Å². The number of nitrogens with one attached hydrogen (secondary N) is 1. The Hall–Kier alpha value is -1.89. The highest BCUT2D eigenvalue weighted by molar-refractivity contribution is 5.83. The molecule has 0 aliphatic rings. The maximum atomic E-state index is 13.2. The number of hydrogen-bond acceptors (Lipinski definition) is 2. The number of carbonyl (C=O) groups excluding carboxylic acids is 1. The monoisotopic (exact) mass is 178 g/mol. The van der Waals surface area contributed by atoms with Crippen LogP contribution in [0.25, 0.3) is 0 Å². The molecule has 0 saturated carbocycles. The van der Waals surface area contributed by atoms with Crippen molar-refractivity contribution in [2.24, 2.45) is 0 Å². The van der Waals surface area contributed by atoms with Crippen LogP contribution < -0.4 is 5.32 Å². The lowest BCUT2D eigenvalue weighted by Gasteiger charge is -2.04. The summed E-state index contributed by atoms with van der Waals surface area (Å²) < 4.78 is 13.2. The first-order valence-corrected chi connectivity index (χ1v) is 3.63. The molecule has 0 aromatic heterocycles. The summed E-state index contributed by atoms with van der Waals surface area (Å²) in [4.78, 5) is 10.8. The van der Waals surface area contributed by atoms with E-state index in [1.165, 1.54) is 18.3 Å². The molecule has 1 atom stereocenters. The fraction of sp³-hybridized carbons (Fsp3) is 0.111. The molecule has 0 aliphatic carbocycles. The van der Waals surface area contributed by atoms with Crippen molar-refractivity contribution in [2.45, 2.75) is 6.17 Å². The van der Waals surface area contributed by atoms with E-state index < -0.39 is 12.1 Å². The zero-order chi connectivity index (χ0) is 9.68. The van der Waals surface area contributed by atoms with Crippen LogP contribution in [-0.4, -0.2) is 5.91 Å². The summed E-state index contributed by atoms with van der Waals surface area (Å²) in [5, 5.41) is 9.82. The van der Waals surface area contributed by atoms with Gasteiger partial charge in [0.05, 0.1) is 0 Å². The summed E-state index contributed by atoms with van der Waals surface area (Å²) in [5.41, 5.74) is 0.246. The largest absolute Gasteiger partial charge is 0.272 e. The van der Waals surface area contributed by atoms with Crippen LogP contribution in [0, 0.1) is 11.5 Å². The Kier molecular flexibility index (Phi) is 2.98. The third-order valence-electron chi connectivity index (χ3n) is 1.50. The van der Waals surface area contributed by atoms with Crippen molar-refractivity contribution in [3.8, 4) is 6.19 Å². The number of nitrogens with zero attached hydrogens (tertiary/aromatic N) is 1. The first kappa shape index (κ1) is 9.20. The summed E-state index contributed by atoms with van der Waals surface area (Å²) in [5.74, 6) is -0.936. The normalized spacial score (nSPS) is 11.4. The predicted molar refractivity (Wildman–Crippen MR) is 44.0 cm³/mol. The second-order valence-electron chi connectivity index (χ2n) is 2.37. The molecule has 0 heterocycles. The van der Waals surface area contributed by atoms with Crippen LogP contribution in [-0.2, 0) is 4.79 Å². The van der Waals surface area contributed by atoms with Crippen LogP contribution in [0.5, 0.6) is 0 Å². The van der Waals surface area contributed by atoms with E-state index in [2.05, 4.69) is 0 Å². The third-order valence-corrected chi connectivity index (χ3v) is 1.50. The van der Waals surface area contributed by atoms with Gasteiger partial charge < -0.3 is 0 Å². The second-order valence-corrected chi connectivity index (χ2v) is 2.37. The molecule has 0 spiro atoms. The minimum absolute atomic E-state index is 0.246. The maximum absolute atomic E-state index is 13.2. The summed E-state index contributed by atoms with van der Waals surface area (Å²) >= 11 is 0. The van der Waals surface area contributed by atoms with E-state index in [4.69, 9.17) is 5.26 Å². The van der Waals surface area contributed by atoms with Gasteiger partial charge in [-0.2, -0.15) is 5.26 Å². The zero-order valence-corrected chi connectivity index (χ0v) is 6.70. The van der Waals surface area contributed by atoms with E-state index in [0.29, 0.717) is 0 Å². The van der Waals surface area contributed by atoms with Gasteiger partial charge in [0.1, 0.15) is 0 Å². The number of amides is 1. The Morgan fingerprint density at radius 2 is 2.08 bits per heavy atom. The van der Waals surface area contributed by atoms with Gasteiger partial charge in [-0.3, -0.25) is 10.1 Å². The van der Waals surface area contributed by atoms with E-state index in [0.717, 1.165) is 0 Å². The zero-order valence-electron chi connectivity index (χ0n) is 6.70. The number of hydrogen-bond donors (Lipinski definition) is 1. The van der Waals surface area contributed by atoms with Gasteiger partial charge in [0.2, 0.25) is 6.17 Å². The Labute approximate surface area is 74.8 Å². The molecular formula is C9H7FN2O. The lowest BCUT2D eigenvalue weighted by Crippen LogP contribution is -2.22. The van der Waals surface area contributed by atoms with E-state index in [9.17, 15) is 9.18 Å². The van der Waals surface area contributed by atoms with Crippen LogP contribution in [0.2, 0.25) is 0 Å². The summed E-state index contributed by atoms with van der Waals surface area (Å²) in [6.45, 7) is 0. The number of nitriles is 1. The van der Waals surface area contributed by atoms with Crippen molar-refractivity contribution in [3.05, 3.63) is 35.9 Å². The Morgan fingerprint density at radius 3 is 2.62 bits per heavy atom. The Morgan fingerprint density at radius 1 is 1.46 bits per heavy atom. The molecule has 1 N–H and O–H groups in total. The highest BCUT2D eigenvalue weighted by Crippen LogP contribution is 2.16. The molecule has 3 nitrogen and oxygen atoms in total. The average molecular weight is 178 g/mol. The maximum Gasteiger partial charge on any atom is 0.272 e. The number of carbonyl (C=O) groups is 1. The van der Waals surface area contributed by atoms with Gasteiger partial charge in [0, 0.05) is 0 Å². The highest BCUT2D eigenvalue weighted by Gasteiger charge is 2.18. The van der Waals surface area contributed by atoms with Crippen molar-refractivity contribution < 1.29 is 9.18 Å². The first-order valence-electron chi connectivity index (χ1n) is 3.63. The molecule has 0 bridgehead atoms. The van der Waals surface area contributed by atoms with Gasteiger partial charge in [-0.25, -0.2) is 4.39 Å². The summed E-state index contributed by atoms with van der Waals surface area (Å²) in [6, 6.07) is 7.95. The third kappa shape index (κ3) is 2.27. The van der Waals surface area contributed by atoms with Crippen molar-refractivity contribution in [3.63, 3.8) is 0 Å². The molecule has 1 aromatic carbocycles. The fourth-order valence-electron chi connectivity index (χ4n) is 0.892. The van der Waals surface area contributed by atoms with Crippen LogP contribution in [0.3, 0.4) is 0 Å². The number of rotatable bonds is 2. The molecule has 0 saturated heterocycles. The molecule has 1 aromatic rings. The molecule has 1 rings (SSSR count). The van der Waals surface area contributed by atoms with Gasteiger partial charge >= 0.3 is 0 Å². The van der Waals surface area contributed by atoms with Crippen LogP contribution in [0.1, 0.15) is 11.7 Å². The topological polar surface area (TPSA) is 52.9 Å². The molecule has 1 unspecified atom stereocenters. The van der Waals surface area contributed by atoms with Crippen molar-refractivity contribution in [1.29, 1.82) is 5.26 Å². The molecular weight excluding hydrogens is 171 g/mol. The van der Waals surface area contributed by atoms with Gasteiger partial charge in [-0.05, 0) is 5.56 Å². The number of benzene rings is 1. The van der Waals surface area contributed by atoms with Gasteiger partial charge in [-0.1, -0.05) is 30.3 Å². The summed E-state index contributed by atoms with van der Waals surface area (Å²) in [7, 11) is 0. The first-order chi connectivity index (χ1) is 6.25. The van der Waals surface area contributed by atoms with E-state index >= 15 is 0 Å². The van der Waals surface area contributed by atoms with Gasteiger partial charge in [-0.15, -0.1) is 0 Å². The SMILES string of the molecule is N#CNC(=O)C(F)c1ccccc1. The standard InChI is InChI=1S/C9H7FN2O/c10-8(9(13)12-6-11)7-4-2-1-3-5-7/h1-5,8H,(H,12,13). The lowest BCUT2D eigenvalue weighted by molar-refractivity contribution is -0.125. The summed E-state index contributed by atoms with van der Waals surface area (Å²) in [6.07, 6.45) is -0.398. The van der Waals surface area contributed by atoms with Crippen molar-refractivity contribution in [1.82, 2.24) is 5.32 Å². The minimum atomic E-state index is -1.78. The predicted octanol–water partition coefficient (Wildman–Crippen LogP) is 1.29. The Balaban J connectivity index is 2.75. The molecule has 0 aliphatic heterocycles. The quantitative estimate of drug-likeness (QED) is 0.548.